The Balaban J connectivity index is 1.73. The summed E-state index contributed by atoms with van der Waals surface area (Å²) in [5.74, 6) is -0.563. The van der Waals surface area contributed by atoms with Crippen LogP contribution in [0.5, 0.6) is 5.75 Å². The molecular weight excluding hydrogens is 488 g/mol. The van der Waals surface area contributed by atoms with E-state index in [2.05, 4.69) is 24.1 Å². The van der Waals surface area contributed by atoms with Gasteiger partial charge in [0.25, 0.3) is 16.0 Å². The van der Waals surface area contributed by atoms with Crippen LogP contribution in [0.4, 0.5) is 0 Å². The summed E-state index contributed by atoms with van der Waals surface area (Å²) in [5, 5.41) is -0.721. The van der Waals surface area contributed by atoms with Crippen LogP contribution < -0.4 is 10.5 Å². The van der Waals surface area contributed by atoms with Crippen molar-refractivity contribution in [3.63, 3.8) is 0 Å². The van der Waals surface area contributed by atoms with E-state index in [4.69, 9.17) is 22.1 Å². The predicted octanol–water partition coefficient (Wildman–Crippen LogP) is 4.28. The van der Waals surface area contributed by atoms with Crippen molar-refractivity contribution >= 4 is 27.6 Å². The molecule has 2 aromatic carbocycles. The van der Waals surface area contributed by atoms with Gasteiger partial charge in [-0.1, -0.05) is 49.6 Å². The number of primary amides is 1. The average Bonchev–Trinajstić information content (AvgIpc) is 2.77. The summed E-state index contributed by atoms with van der Waals surface area (Å²) >= 11 is 6.17. The number of likely N-dealkylation sites (N-methyl/N-ethyl adjacent to an activating group) is 1. The molecule has 7 nitrogen and oxygen atoms in total. The quantitative estimate of drug-likeness (QED) is 0.477. The molecule has 0 radical (unpaired) electrons. The number of amides is 1. The number of rotatable bonds is 9. The van der Waals surface area contributed by atoms with Gasteiger partial charge in [-0.2, -0.15) is 8.42 Å². The Kier molecular flexibility index (Phi) is 7.48. The second-order valence-electron chi connectivity index (χ2n) is 9.79. The van der Waals surface area contributed by atoms with Gasteiger partial charge in [0.1, 0.15) is 11.0 Å². The Hall–Kier alpha value is -2.13. The van der Waals surface area contributed by atoms with Crippen LogP contribution in [-0.2, 0) is 26.7 Å². The molecule has 190 valence electrons. The van der Waals surface area contributed by atoms with E-state index in [9.17, 15) is 17.8 Å². The van der Waals surface area contributed by atoms with Crippen molar-refractivity contribution < 1.29 is 22.5 Å². The molecule has 9 heteroatoms. The number of carbonyl (C=O) groups is 1. The monoisotopic (exact) mass is 520 g/mol. The molecule has 1 amide bonds. The van der Waals surface area contributed by atoms with Gasteiger partial charge in [-0.15, -0.1) is 0 Å². The van der Waals surface area contributed by atoms with Gasteiger partial charge in [0.2, 0.25) is 0 Å². The molecule has 4 rings (SSSR count). The van der Waals surface area contributed by atoms with Gasteiger partial charge in [0, 0.05) is 23.0 Å². The van der Waals surface area contributed by atoms with Gasteiger partial charge in [-0.3, -0.25) is 14.2 Å². The highest BCUT2D eigenvalue weighted by Crippen LogP contribution is 2.56. The van der Waals surface area contributed by atoms with Gasteiger partial charge < -0.3 is 10.5 Å². The molecule has 0 saturated heterocycles. The largest absolute Gasteiger partial charge is 0.479 e. The third-order valence-electron chi connectivity index (χ3n) is 7.61. The minimum atomic E-state index is -4.53. The summed E-state index contributed by atoms with van der Waals surface area (Å²) in [4.78, 5) is 14.6. The van der Waals surface area contributed by atoms with Crippen molar-refractivity contribution in [3.05, 3.63) is 64.2 Å². The molecule has 0 bridgehead atoms. The highest BCUT2D eigenvalue weighted by Gasteiger charge is 2.49. The molecule has 2 aliphatic rings. The Morgan fingerprint density at radius 1 is 1.26 bits per heavy atom. The lowest BCUT2D eigenvalue weighted by atomic mass is 9.57. The van der Waals surface area contributed by atoms with Crippen molar-refractivity contribution in [3.8, 4) is 5.75 Å². The topological polar surface area (TPSA) is 110 Å². The highest BCUT2D eigenvalue weighted by molar-refractivity contribution is 7.86. The van der Waals surface area contributed by atoms with E-state index in [-0.39, 0.29) is 17.9 Å². The minimum Gasteiger partial charge on any atom is -0.479 e. The molecule has 3 N–H and O–H groups in total. The van der Waals surface area contributed by atoms with Gasteiger partial charge in [-0.05, 0) is 73.7 Å². The Labute approximate surface area is 212 Å². The van der Waals surface area contributed by atoms with Crippen molar-refractivity contribution in [2.45, 2.75) is 68.3 Å². The fourth-order valence-electron chi connectivity index (χ4n) is 5.78. The molecule has 0 aromatic heterocycles. The zero-order valence-electron chi connectivity index (χ0n) is 20.1. The van der Waals surface area contributed by atoms with Crippen molar-refractivity contribution in [1.82, 2.24) is 4.90 Å². The molecule has 1 aliphatic carbocycles. The van der Waals surface area contributed by atoms with E-state index in [1.54, 1.807) is 13.0 Å². The molecule has 1 aliphatic heterocycles. The van der Waals surface area contributed by atoms with E-state index in [0.717, 1.165) is 37.8 Å². The fourth-order valence-corrected chi connectivity index (χ4v) is 6.94. The van der Waals surface area contributed by atoms with Crippen molar-refractivity contribution in [2.75, 3.05) is 13.6 Å². The molecule has 1 fully saturated rings. The smallest absolute Gasteiger partial charge is 0.272 e. The molecule has 35 heavy (non-hydrogen) atoms. The van der Waals surface area contributed by atoms with Crippen LogP contribution in [0, 0.1) is 0 Å². The number of benzene rings is 2. The Morgan fingerprint density at radius 2 is 1.94 bits per heavy atom. The van der Waals surface area contributed by atoms with Gasteiger partial charge in [0.05, 0.1) is 0 Å². The maximum Gasteiger partial charge on any atom is 0.272 e. The third-order valence-corrected chi connectivity index (χ3v) is 9.11. The normalized spacial score (nSPS) is 21.4. The lowest BCUT2D eigenvalue weighted by Crippen LogP contribution is -2.50. The first-order valence-electron chi connectivity index (χ1n) is 12.1. The number of hydrogen-bond acceptors (Lipinski definition) is 5. The van der Waals surface area contributed by atoms with E-state index in [1.165, 1.54) is 11.1 Å². The Morgan fingerprint density at radius 3 is 2.49 bits per heavy atom. The summed E-state index contributed by atoms with van der Waals surface area (Å²) in [6.07, 6.45) is 3.10. The zero-order chi connectivity index (χ0) is 25.4. The first kappa shape index (κ1) is 25.9. The zero-order valence-corrected chi connectivity index (χ0v) is 21.7. The van der Waals surface area contributed by atoms with Crippen molar-refractivity contribution in [1.29, 1.82) is 0 Å². The summed E-state index contributed by atoms with van der Waals surface area (Å²) < 4.78 is 39.6. The number of hydrogen-bond donors (Lipinski definition) is 2. The van der Waals surface area contributed by atoms with Crippen LogP contribution in [0.1, 0.15) is 61.8 Å². The first-order chi connectivity index (χ1) is 16.6. The lowest BCUT2D eigenvalue weighted by molar-refractivity contribution is -0.124. The van der Waals surface area contributed by atoms with Gasteiger partial charge >= 0.3 is 0 Å². The second-order valence-corrected chi connectivity index (χ2v) is 11.9. The molecule has 2 aromatic rings. The van der Waals surface area contributed by atoms with Gasteiger partial charge in [0.15, 0.2) is 6.10 Å². The van der Waals surface area contributed by atoms with Crippen molar-refractivity contribution in [2.24, 2.45) is 5.73 Å². The van der Waals surface area contributed by atoms with Crippen LogP contribution in [0.2, 0.25) is 5.02 Å². The van der Waals surface area contributed by atoms with E-state index >= 15 is 0 Å². The summed E-state index contributed by atoms with van der Waals surface area (Å²) in [7, 11) is -2.41. The number of nitrogens with two attached hydrogens (primary N) is 1. The third kappa shape index (κ3) is 5.07. The minimum absolute atomic E-state index is 0.0580. The van der Waals surface area contributed by atoms with Gasteiger partial charge in [-0.25, -0.2) is 0 Å². The number of ether oxygens (including phenoxy) is 1. The molecule has 0 spiro atoms. The lowest BCUT2D eigenvalue weighted by Gasteiger charge is -2.53. The summed E-state index contributed by atoms with van der Waals surface area (Å²) in [5.41, 5.74) is 9.01. The second kappa shape index (κ2) is 10.1. The first-order valence-corrected chi connectivity index (χ1v) is 14.0. The summed E-state index contributed by atoms with van der Waals surface area (Å²) in [6.45, 7) is 2.68. The number of carbonyl (C=O) groups excluding carboxylic acids is 1. The van der Waals surface area contributed by atoms with E-state index in [1.807, 2.05) is 24.3 Å². The molecule has 1 heterocycles. The average molecular weight is 521 g/mol. The summed E-state index contributed by atoms with van der Waals surface area (Å²) in [6, 6.07) is 13.8. The fraction of sp³-hybridized carbons (Fsp3) is 0.500. The van der Waals surface area contributed by atoms with Crippen LogP contribution in [0.15, 0.2) is 42.5 Å². The molecule has 3 unspecified atom stereocenters. The maximum atomic E-state index is 12.2. The highest BCUT2D eigenvalue weighted by atomic mass is 35.5. The number of nitrogens with zero attached hydrogens (tertiary/aromatic N) is 1. The van der Waals surface area contributed by atoms with E-state index in [0.29, 0.717) is 17.2 Å². The standard InChI is InChI=1S/C26H33ClN2O5S/c1-3-5-22(35(31,32)33)23(25(28)30)34-20-11-6-17-12-15-29(2)24(21(17)16-20)26(13-4-14-26)18-7-9-19(27)10-8-18/h6-11,16,22-24H,3-5,12-15H2,1-2H3,(H2,28,30)(H,31,32,33). The number of halogens is 1. The van der Waals surface area contributed by atoms with Crippen LogP contribution in [0.25, 0.3) is 0 Å². The van der Waals surface area contributed by atoms with E-state index < -0.39 is 27.4 Å². The Bertz CT molecular complexity index is 1180. The van der Waals surface area contributed by atoms with Crippen LogP contribution in [0.3, 0.4) is 0 Å². The SMILES string of the molecule is CCCC(C(Oc1ccc2c(c1)C(C1(c3ccc(Cl)cc3)CCC1)N(C)CC2)C(N)=O)S(=O)(=O)O. The molecular formula is C26H33ClN2O5S. The predicted molar refractivity (Wildman–Crippen MR) is 136 cm³/mol. The molecule has 1 saturated carbocycles. The molecule has 3 atom stereocenters. The maximum absolute atomic E-state index is 12.2. The van der Waals surface area contributed by atoms with Crippen LogP contribution in [-0.4, -0.2) is 48.7 Å². The van der Waals surface area contributed by atoms with Crippen LogP contribution >= 0.6 is 11.6 Å². The number of fused-ring (bicyclic) bond motifs is 1.